The van der Waals surface area contributed by atoms with Crippen LogP contribution in [-0.4, -0.2) is 144 Å². The number of aromatic nitrogens is 1. The number of esters is 3. The highest BCUT2D eigenvalue weighted by Crippen LogP contribution is 2.70. The first kappa shape index (κ1) is 48.2. The number of amides is 1. The van der Waals surface area contributed by atoms with Crippen LogP contribution in [0.1, 0.15) is 69.7 Å². The summed E-state index contributed by atoms with van der Waals surface area (Å²) in [7, 11) is 4.19. The standard InChI is InChI=1S/C53H63ClN4O10S/c1-7-49(63)25-32-26-52(47(61)66-5,43-35(16-20-56(27-32)29-49)36-22-34(14-15-40(36)55-43)69-28-33-12-9-10-13-39(33)54)38-23-37-41(24-42(38)65-4)58(30-59)45-51(37)18-21-57-19-11-17-50(8-2,44(51)57)46(68-31(3)60)53(45,64)48(62)67-6/h9-15,17,22-24,30,32,38,42,44-46,55,63-64H,7-8,16,18-21,25-29H2,1-6H3/t32-,38?,42?,44+,45-,46-,49+,50-,51-,52+,53+/m1/s1. The number of allylic oxidation sites excluding steroid dienone is 1. The van der Waals surface area contributed by atoms with E-state index in [0.29, 0.717) is 99.0 Å². The Morgan fingerprint density at radius 3 is 2.46 bits per heavy atom. The number of hydrogen-bond acceptors (Lipinski definition) is 13. The van der Waals surface area contributed by atoms with Gasteiger partial charge in [0.25, 0.3) is 0 Å². The van der Waals surface area contributed by atoms with Gasteiger partial charge in [-0.05, 0) is 98.0 Å². The summed E-state index contributed by atoms with van der Waals surface area (Å²) in [6.07, 6.45) is 8.98. The Balaban J connectivity index is 1.22. The highest BCUT2D eigenvalue weighted by molar-refractivity contribution is 7.98. The van der Waals surface area contributed by atoms with Gasteiger partial charge in [-0.1, -0.05) is 61.9 Å². The molecule has 2 aromatic carbocycles. The van der Waals surface area contributed by atoms with E-state index < -0.39 is 75.6 Å². The fraction of sp³-hybridized carbons (Fsp3) is 0.547. The van der Waals surface area contributed by atoms with Gasteiger partial charge in [-0.15, -0.1) is 11.8 Å². The minimum Gasteiger partial charge on any atom is -0.468 e. The summed E-state index contributed by atoms with van der Waals surface area (Å²) in [5.41, 5.74) is -2.50. The smallest absolute Gasteiger partial charge is 0.344 e. The predicted octanol–water partition coefficient (Wildman–Crippen LogP) is 6.11. The van der Waals surface area contributed by atoms with E-state index in [1.54, 1.807) is 18.9 Å². The quantitative estimate of drug-likeness (QED) is 0.0663. The molecule has 5 aliphatic heterocycles. The number of rotatable bonds is 11. The van der Waals surface area contributed by atoms with Gasteiger partial charge >= 0.3 is 17.9 Å². The normalized spacial score (nSPS) is 36.7. The van der Waals surface area contributed by atoms with E-state index in [1.165, 1.54) is 26.0 Å². The number of aliphatic hydroxyl groups is 2. The largest absolute Gasteiger partial charge is 0.468 e. The number of carbonyl (C=O) groups excluding carboxylic acids is 4. The van der Waals surface area contributed by atoms with Gasteiger partial charge in [-0.25, -0.2) is 4.79 Å². The minimum atomic E-state index is -2.54. The molecule has 6 heterocycles. The summed E-state index contributed by atoms with van der Waals surface area (Å²) in [6, 6.07) is 12.4. The number of H-pyrrole nitrogens is 1. The van der Waals surface area contributed by atoms with E-state index in [9.17, 15) is 24.6 Å². The van der Waals surface area contributed by atoms with E-state index in [-0.39, 0.29) is 12.3 Å². The molecular formula is C53H63ClN4O10S. The minimum absolute atomic E-state index is 0.161. The Labute approximate surface area is 412 Å². The summed E-state index contributed by atoms with van der Waals surface area (Å²) >= 11 is 8.28. The second kappa shape index (κ2) is 17.7. The molecule has 14 nitrogen and oxygen atoms in total. The van der Waals surface area contributed by atoms with E-state index in [4.69, 9.17) is 30.5 Å². The van der Waals surface area contributed by atoms with Gasteiger partial charge in [-0.3, -0.25) is 24.2 Å². The molecule has 1 amide bonds. The molecule has 3 aromatic rings. The van der Waals surface area contributed by atoms with Gasteiger partial charge in [0.2, 0.25) is 12.0 Å². The average molecular weight is 984 g/mol. The SMILES string of the molecule is CC[C@]1(O)C[C@H]2CN(CCc3c([nH]c4ccc(SCc5ccccc5Cl)cc34)[C@@](C(=O)OC)(C3C=C4C(=CC3OC)N(C=O)[C@H]3[C@@](O)(C(=O)OC)[C@H](OC(C)=O)[C@]5(CC)C=CCN6CC[C@]43[C@@H]65)C2)C1. The Morgan fingerprint density at radius 2 is 1.77 bits per heavy atom. The Hall–Kier alpha value is -4.48. The van der Waals surface area contributed by atoms with Crippen LogP contribution in [-0.2, 0) is 55.7 Å². The first-order valence-electron chi connectivity index (χ1n) is 24.3. The van der Waals surface area contributed by atoms with Gasteiger partial charge in [0.1, 0.15) is 5.41 Å². The van der Waals surface area contributed by atoms with Crippen molar-refractivity contribution in [3.63, 3.8) is 0 Å². The Morgan fingerprint density at radius 1 is 0.986 bits per heavy atom. The fourth-order valence-corrected chi connectivity index (χ4v) is 15.9. The van der Waals surface area contributed by atoms with Gasteiger partial charge in [0.05, 0.1) is 32.0 Å². The van der Waals surface area contributed by atoms with Crippen LogP contribution in [0.15, 0.2) is 82.9 Å². The van der Waals surface area contributed by atoms with Gasteiger partial charge in [0.15, 0.2) is 6.10 Å². The summed E-state index contributed by atoms with van der Waals surface area (Å²) in [6.45, 7) is 8.14. The monoisotopic (exact) mass is 982 g/mol. The van der Waals surface area contributed by atoms with Crippen LogP contribution in [0.4, 0.5) is 0 Å². The van der Waals surface area contributed by atoms with Crippen LogP contribution in [0.5, 0.6) is 0 Å². The maximum atomic E-state index is 15.7. The molecule has 1 spiro atoms. The number of benzene rings is 2. The molecule has 368 valence electrons. The van der Waals surface area contributed by atoms with Crippen molar-refractivity contribution >= 4 is 58.6 Å². The lowest BCUT2D eigenvalue weighted by Crippen LogP contribution is -2.80. The lowest BCUT2D eigenvalue weighted by Gasteiger charge is -2.63. The molecule has 3 saturated heterocycles. The van der Waals surface area contributed by atoms with Crippen molar-refractivity contribution < 1.29 is 48.3 Å². The zero-order valence-corrected chi connectivity index (χ0v) is 41.7. The number of hydrogen-bond donors (Lipinski definition) is 3. The number of piperidine rings is 1. The average Bonchev–Trinajstić information content (AvgIpc) is 4.02. The first-order chi connectivity index (χ1) is 33.1. The molecule has 10 rings (SSSR count). The number of aromatic amines is 1. The number of fused-ring (bicyclic) bond motifs is 6. The fourth-order valence-electron chi connectivity index (χ4n) is 14.7. The zero-order chi connectivity index (χ0) is 48.8. The van der Waals surface area contributed by atoms with Crippen LogP contribution in [0.25, 0.3) is 10.9 Å². The summed E-state index contributed by atoms with van der Waals surface area (Å²) < 4.78 is 24.1. The van der Waals surface area contributed by atoms with Crippen LogP contribution in [0.2, 0.25) is 5.02 Å². The molecular weight excluding hydrogens is 920 g/mol. The Bertz CT molecular complexity index is 2690. The molecule has 16 heteroatoms. The van der Waals surface area contributed by atoms with Crippen molar-refractivity contribution in [1.29, 1.82) is 0 Å². The third-order valence-corrected chi connectivity index (χ3v) is 18.7. The van der Waals surface area contributed by atoms with Crippen molar-refractivity contribution in [2.45, 2.75) is 111 Å². The van der Waals surface area contributed by atoms with E-state index in [1.807, 2.05) is 56.3 Å². The number of methoxy groups -OCH3 is 3. The maximum Gasteiger partial charge on any atom is 0.344 e. The number of thioether (sulfide) groups is 1. The molecule has 12 atom stereocenters. The topological polar surface area (TPSA) is 171 Å². The van der Waals surface area contributed by atoms with Crippen molar-refractivity contribution in [1.82, 2.24) is 19.7 Å². The van der Waals surface area contributed by atoms with Crippen molar-refractivity contribution in [2.24, 2.45) is 22.7 Å². The van der Waals surface area contributed by atoms with Gasteiger partial charge in [-0.2, -0.15) is 0 Å². The van der Waals surface area contributed by atoms with Gasteiger partial charge in [0, 0.05) is 101 Å². The molecule has 1 saturated carbocycles. The lowest BCUT2D eigenvalue weighted by molar-refractivity contribution is -0.242. The number of nitrogens with zero attached hydrogens (tertiary/aromatic N) is 3. The highest BCUT2D eigenvalue weighted by atomic mass is 35.5. The van der Waals surface area contributed by atoms with E-state index in [2.05, 4.69) is 39.1 Å². The molecule has 3 N–H and O–H groups in total. The van der Waals surface area contributed by atoms with Crippen LogP contribution >= 0.6 is 23.4 Å². The van der Waals surface area contributed by atoms with Crippen LogP contribution in [0, 0.1) is 22.7 Å². The molecule has 1 aromatic heterocycles. The third-order valence-electron chi connectivity index (χ3n) is 17.3. The van der Waals surface area contributed by atoms with E-state index >= 15 is 4.79 Å². The van der Waals surface area contributed by atoms with Crippen molar-refractivity contribution in [3.05, 3.63) is 99.9 Å². The highest BCUT2D eigenvalue weighted by Gasteiger charge is 2.82. The first-order valence-corrected chi connectivity index (χ1v) is 25.6. The van der Waals surface area contributed by atoms with Crippen LogP contribution in [0.3, 0.4) is 0 Å². The molecule has 69 heavy (non-hydrogen) atoms. The number of carbonyl (C=O) groups is 4. The van der Waals surface area contributed by atoms with Crippen LogP contribution < -0.4 is 0 Å². The van der Waals surface area contributed by atoms with Gasteiger partial charge < -0.3 is 39.0 Å². The van der Waals surface area contributed by atoms with Crippen molar-refractivity contribution in [3.8, 4) is 0 Å². The number of nitrogens with one attached hydrogen (secondary N) is 1. The summed E-state index contributed by atoms with van der Waals surface area (Å²) in [4.78, 5) is 68.2. The second-order valence-electron chi connectivity index (χ2n) is 20.5. The molecule has 4 fully saturated rings. The molecule has 7 aliphatic rings. The number of halogens is 1. The second-order valence-corrected chi connectivity index (χ2v) is 22.0. The zero-order valence-electron chi connectivity index (χ0n) is 40.2. The maximum absolute atomic E-state index is 15.7. The van der Waals surface area contributed by atoms with Crippen molar-refractivity contribution in [2.75, 3.05) is 54.1 Å². The predicted molar refractivity (Wildman–Crippen MR) is 260 cm³/mol. The van der Waals surface area contributed by atoms with E-state index in [0.717, 1.165) is 26.9 Å². The summed E-state index contributed by atoms with van der Waals surface area (Å²) in [5.74, 6) is -2.45. The Kier molecular flexibility index (Phi) is 12.3. The third kappa shape index (κ3) is 6.98. The number of ether oxygens (including phenoxy) is 4. The molecule has 3 unspecified atom stereocenters. The molecule has 2 aliphatic carbocycles. The molecule has 0 radical (unpaired) electrons. The lowest BCUT2D eigenvalue weighted by atomic mass is 9.47. The number of likely N-dealkylation sites (tertiary alicyclic amines) is 1. The summed E-state index contributed by atoms with van der Waals surface area (Å²) in [5, 5.41) is 27.3. The molecule has 2 bridgehead atoms.